The van der Waals surface area contributed by atoms with Crippen LogP contribution < -0.4 is 0 Å². The lowest BCUT2D eigenvalue weighted by molar-refractivity contribution is -0.131. The Balaban J connectivity index is 1.91. The molecule has 1 aliphatic rings. The van der Waals surface area contributed by atoms with Gasteiger partial charge in [0.15, 0.2) is 0 Å². The van der Waals surface area contributed by atoms with E-state index in [0.29, 0.717) is 31.1 Å². The molecule has 0 atom stereocenters. The second-order valence-electron chi connectivity index (χ2n) is 3.77. The van der Waals surface area contributed by atoms with Gasteiger partial charge in [-0.2, -0.15) is 0 Å². The van der Waals surface area contributed by atoms with E-state index in [-0.39, 0.29) is 5.91 Å². The van der Waals surface area contributed by atoms with Gasteiger partial charge in [-0.25, -0.2) is 4.98 Å². The van der Waals surface area contributed by atoms with Gasteiger partial charge in [0.2, 0.25) is 5.91 Å². The van der Waals surface area contributed by atoms with Crippen LogP contribution in [0.5, 0.6) is 0 Å². The Morgan fingerprint density at radius 3 is 2.88 bits per heavy atom. The summed E-state index contributed by atoms with van der Waals surface area (Å²) >= 11 is -0.740. The maximum absolute atomic E-state index is 11.9. The van der Waals surface area contributed by atoms with Gasteiger partial charge in [0.25, 0.3) is 0 Å². The molecule has 1 aliphatic heterocycles. The van der Waals surface area contributed by atoms with Crippen molar-refractivity contribution >= 4 is 17.1 Å². The first-order chi connectivity index (χ1) is 7.66. The number of carbonyl (C=O) groups is 1. The Morgan fingerprint density at radius 1 is 1.62 bits per heavy atom. The van der Waals surface area contributed by atoms with E-state index in [9.17, 15) is 9.35 Å². The minimum atomic E-state index is -0.740. The normalized spacial score (nSPS) is 17.8. The minimum Gasteiger partial charge on any atom is -0.616 e. The van der Waals surface area contributed by atoms with Crippen LogP contribution in [0.1, 0.15) is 5.82 Å². The zero-order valence-corrected chi connectivity index (χ0v) is 10.00. The van der Waals surface area contributed by atoms with Gasteiger partial charge in [-0.1, -0.05) is 11.2 Å². The van der Waals surface area contributed by atoms with E-state index in [1.54, 1.807) is 15.7 Å². The number of aromatic nitrogens is 2. The molecule has 0 aromatic carbocycles. The van der Waals surface area contributed by atoms with Crippen molar-refractivity contribution in [3.05, 3.63) is 18.2 Å². The Bertz CT molecular complexity index is 372. The molecule has 1 saturated heterocycles. The standard InChI is InChI=1S/C10H14N3O2S/c1-9-11-2-3-13(9)8-10(14)12-4-6-16(15)7-5-12/h3H,4-8H2,1H3. The number of imidazole rings is 1. The predicted molar refractivity (Wildman–Crippen MR) is 60.3 cm³/mol. The molecule has 16 heavy (non-hydrogen) atoms. The summed E-state index contributed by atoms with van der Waals surface area (Å²) in [7, 11) is 0. The van der Waals surface area contributed by atoms with Crippen molar-refractivity contribution in [1.29, 1.82) is 0 Å². The van der Waals surface area contributed by atoms with Crippen LogP contribution in [0.2, 0.25) is 0 Å². The lowest BCUT2D eigenvalue weighted by Crippen LogP contribution is -2.45. The van der Waals surface area contributed by atoms with E-state index in [1.165, 1.54) is 0 Å². The zero-order chi connectivity index (χ0) is 11.5. The fourth-order valence-electron chi connectivity index (χ4n) is 1.64. The number of hydrogen-bond acceptors (Lipinski definition) is 3. The fraction of sp³-hybridized carbons (Fsp3) is 0.600. The molecule has 0 spiro atoms. The van der Waals surface area contributed by atoms with Crippen LogP contribution in [-0.2, 0) is 22.5 Å². The highest BCUT2D eigenvalue weighted by molar-refractivity contribution is 7.91. The molecule has 5 nitrogen and oxygen atoms in total. The molecule has 0 N–H and O–H groups in total. The van der Waals surface area contributed by atoms with Gasteiger partial charge < -0.3 is 14.0 Å². The summed E-state index contributed by atoms with van der Waals surface area (Å²) in [6, 6.07) is 0. The molecule has 1 aromatic heterocycles. The number of carbonyl (C=O) groups excluding carboxylic acids is 1. The SMILES string of the molecule is Cc1n[c]cn1CC(=O)N1CC[S+]([O-])CC1. The minimum absolute atomic E-state index is 0.0613. The van der Waals surface area contributed by atoms with E-state index in [2.05, 4.69) is 11.2 Å². The molecule has 0 aliphatic carbocycles. The number of rotatable bonds is 2. The number of amides is 1. The highest BCUT2D eigenvalue weighted by Gasteiger charge is 2.23. The van der Waals surface area contributed by atoms with Crippen LogP contribution in [0.15, 0.2) is 6.20 Å². The largest absolute Gasteiger partial charge is 0.616 e. The van der Waals surface area contributed by atoms with Crippen molar-refractivity contribution in [3.8, 4) is 0 Å². The first kappa shape index (κ1) is 11.5. The maximum atomic E-state index is 11.9. The van der Waals surface area contributed by atoms with Gasteiger partial charge in [0.05, 0.1) is 13.1 Å². The quantitative estimate of drug-likeness (QED) is 0.660. The first-order valence-corrected chi connectivity index (χ1v) is 6.68. The van der Waals surface area contributed by atoms with Gasteiger partial charge in [-0.05, 0) is 6.92 Å². The molecule has 2 rings (SSSR count). The Hall–Kier alpha value is -1.01. The molecule has 1 radical (unpaired) electrons. The van der Waals surface area contributed by atoms with Crippen molar-refractivity contribution in [3.63, 3.8) is 0 Å². The van der Waals surface area contributed by atoms with Crippen molar-refractivity contribution in [2.24, 2.45) is 0 Å². The summed E-state index contributed by atoms with van der Waals surface area (Å²) in [4.78, 5) is 17.6. The molecule has 0 unspecified atom stereocenters. The van der Waals surface area contributed by atoms with Crippen LogP contribution in [0.3, 0.4) is 0 Å². The monoisotopic (exact) mass is 240 g/mol. The van der Waals surface area contributed by atoms with Crippen molar-refractivity contribution in [2.75, 3.05) is 24.6 Å². The predicted octanol–water partition coefficient (Wildman–Crippen LogP) is -0.417. The molecule has 1 fully saturated rings. The Morgan fingerprint density at radius 2 is 2.31 bits per heavy atom. The summed E-state index contributed by atoms with van der Waals surface area (Å²) in [6.45, 7) is 3.34. The van der Waals surface area contributed by atoms with Gasteiger partial charge in [0.1, 0.15) is 30.1 Å². The van der Waals surface area contributed by atoms with E-state index in [0.717, 1.165) is 5.82 Å². The van der Waals surface area contributed by atoms with Crippen molar-refractivity contribution in [2.45, 2.75) is 13.5 Å². The average molecular weight is 240 g/mol. The Labute approximate surface area is 97.6 Å². The van der Waals surface area contributed by atoms with Gasteiger partial charge >= 0.3 is 0 Å². The fourth-order valence-corrected chi connectivity index (χ4v) is 2.69. The van der Waals surface area contributed by atoms with Gasteiger partial charge in [-0.3, -0.25) is 4.79 Å². The molecular weight excluding hydrogens is 226 g/mol. The van der Waals surface area contributed by atoms with Crippen LogP contribution in [0.4, 0.5) is 0 Å². The summed E-state index contributed by atoms with van der Waals surface area (Å²) in [5.41, 5.74) is 0. The lowest BCUT2D eigenvalue weighted by atomic mass is 10.4. The molecule has 87 valence electrons. The molecule has 0 saturated carbocycles. The lowest BCUT2D eigenvalue weighted by Gasteiger charge is -2.28. The summed E-state index contributed by atoms with van der Waals surface area (Å²) in [5.74, 6) is 2.04. The molecule has 6 heteroatoms. The third kappa shape index (κ3) is 2.56. The zero-order valence-electron chi connectivity index (χ0n) is 9.18. The second kappa shape index (κ2) is 4.88. The van der Waals surface area contributed by atoms with Crippen LogP contribution >= 0.6 is 0 Å². The smallest absolute Gasteiger partial charge is 0.242 e. The van der Waals surface area contributed by atoms with E-state index >= 15 is 0 Å². The molecule has 1 amide bonds. The van der Waals surface area contributed by atoms with E-state index in [1.807, 2.05) is 6.92 Å². The number of hydrogen-bond donors (Lipinski definition) is 0. The topological polar surface area (TPSA) is 61.2 Å². The van der Waals surface area contributed by atoms with E-state index < -0.39 is 11.2 Å². The summed E-state index contributed by atoms with van der Waals surface area (Å²) < 4.78 is 12.9. The van der Waals surface area contributed by atoms with Gasteiger partial charge in [0, 0.05) is 6.20 Å². The highest BCUT2D eigenvalue weighted by atomic mass is 32.2. The average Bonchev–Trinajstić information content (AvgIpc) is 2.65. The third-order valence-electron chi connectivity index (χ3n) is 2.69. The first-order valence-electron chi connectivity index (χ1n) is 5.19. The van der Waals surface area contributed by atoms with Crippen molar-refractivity contribution < 1.29 is 9.35 Å². The highest BCUT2D eigenvalue weighted by Crippen LogP contribution is 2.05. The van der Waals surface area contributed by atoms with Crippen LogP contribution in [0.25, 0.3) is 0 Å². The van der Waals surface area contributed by atoms with Crippen LogP contribution in [-0.4, -0.2) is 49.5 Å². The maximum Gasteiger partial charge on any atom is 0.242 e. The van der Waals surface area contributed by atoms with Crippen LogP contribution in [0, 0.1) is 13.1 Å². The summed E-state index contributed by atoms with van der Waals surface area (Å²) in [5, 5.41) is 0. The molecular formula is C10H14N3O2S. The van der Waals surface area contributed by atoms with Gasteiger partial charge in [-0.15, -0.1) is 0 Å². The molecule has 1 aromatic rings. The van der Waals surface area contributed by atoms with E-state index in [4.69, 9.17) is 0 Å². The molecule has 0 bridgehead atoms. The number of aryl methyl sites for hydroxylation is 1. The molecule has 2 heterocycles. The second-order valence-corrected chi connectivity index (χ2v) is 5.47. The third-order valence-corrected chi connectivity index (χ3v) is 3.97. The number of nitrogens with zero attached hydrogens (tertiary/aromatic N) is 3. The Kier molecular flexibility index (Phi) is 3.50. The summed E-state index contributed by atoms with van der Waals surface area (Å²) in [6.07, 6.45) is 4.38. The van der Waals surface area contributed by atoms with Crippen molar-refractivity contribution in [1.82, 2.24) is 14.5 Å².